The van der Waals surface area contributed by atoms with E-state index in [0.29, 0.717) is 30.6 Å². The monoisotopic (exact) mass is 314 g/mol. The van der Waals surface area contributed by atoms with Crippen molar-refractivity contribution in [1.29, 1.82) is 0 Å². The van der Waals surface area contributed by atoms with Crippen molar-refractivity contribution in [3.8, 4) is 5.69 Å². The lowest BCUT2D eigenvalue weighted by molar-refractivity contribution is 0.219. The van der Waals surface area contributed by atoms with E-state index in [-0.39, 0.29) is 5.56 Å². The summed E-state index contributed by atoms with van der Waals surface area (Å²) in [4.78, 5) is 29.3. The first-order valence-corrected chi connectivity index (χ1v) is 7.83. The summed E-state index contributed by atoms with van der Waals surface area (Å²) in [6, 6.07) is 6.15. The molecule has 0 aliphatic carbocycles. The molecule has 0 saturated carbocycles. The Kier molecular flexibility index (Phi) is 3.85. The van der Waals surface area contributed by atoms with Crippen LogP contribution >= 0.6 is 0 Å². The van der Waals surface area contributed by atoms with Gasteiger partial charge in [-0.15, -0.1) is 0 Å². The Morgan fingerprint density at radius 1 is 1.17 bits per heavy atom. The highest BCUT2D eigenvalue weighted by Gasteiger charge is 2.25. The fraction of sp³-hybridized carbons (Fsp3) is 0.412. The highest BCUT2D eigenvalue weighted by atomic mass is 16.2. The number of fused-ring (bicyclic) bond motifs is 1. The number of nitrogens with zero attached hydrogens (tertiary/aromatic N) is 2. The summed E-state index contributed by atoms with van der Waals surface area (Å²) in [5, 5.41) is 3.26. The molecule has 0 bridgehead atoms. The van der Waals surface area contributed by atoms with Crippen LogP contribution in [-0.4, -0.2) is 27.2 Å². The average molecular weight is 314 g/mol. The van der Waals surface area contributed by atoms with Crippen molar-refractivity contribution < 1.29 is 0 Å². The van der Waals surface area contributed by atoms with Gasteiger partial charge in [0.05, 0.1) is 17.9 Å². The molecule has 6 nitrogen and oxygen atoms in total. The topological polar surface area (TPSA) is 70.1 Å². The molecule has 1 aliphatic rings. The zero-order valence-electron chi connectivity index (χ0n) is 13.9. The van der Waals surface area contributed by atoms with Crippen molar-refractivity contribution in [2.45, 2.75) is 40.3 Å². The normalized spacial score (nSPS) is 14.7. The quantitative estimate of drug-likeness (QED) is 0.886. The van der Waals surface area contributed by atoms with E-state index in [0.717, 1.165) is 16.8 Å². The third-order valence-corrected chi connectivity index (χ3v) is 4.57. The third-order valence-electron chi connectivity index (χ3n) is 4.57. The molecule has 0 spiro atoms. The fourth-order valence-corrected chi connectivity index (χ4v) is 2.91. The van der Waals surface area contributed by atoms with Crippen LogP contribution in [0.2, 0.25) is 0 Å². The molecule has 0 amide bonds. The molecule has 2 N–H and O–H groups in total. The molecule has 1 aromatic carbocycles. The first-order valence-electron chi connectivity index (χ1n) is 7.83. The second-order valence-corrected chi connectivity index (χ2v) is 6.32. The van der Waals surface area contributed by atoms with Crippen LogP contribution in [0.4, 0.5) is 5.82 Å². The second kappa shape index (κ2) is 5.70. The molecule has 1 aliphatic heterocycles. The van der Waals surface area contributed by atoms with Crippen molar-refractivity contribution in [3.63, 3.8) is 0 Å². The summed E-state index contributed by atoms with van der Waals surface area (Å²) >= 11 is 0. The highest BCUT2D eigenvalue weighted by Crippen LogP contribution is 2.24. The molecule has 0 radical (unpaired) electrons. The zero-order valence-corrected chi connectivity index (χ0v) is 13.9. The number of aromatic amines is 1. The maximum Gasteiger partial charge on any atom is 0.334 e. The van der Waals surface area contributed by atoms with Crippen molar-refractivity contribution in [2.75, 3.05) is 12.0 Å². The van der Waals surface area contributed by atoms with Gasteiger partial charge >= 0.3 is 5.69 Å². The molecule has 23 heavy (non-hydrogen) atoms. The van der Waals surface area contributed by atoms with Crippen LogP contribution in [-0.2, 0) is 6.54 Å². The summed E-state index contributed by atoms with van der Waals surface area (Å²) in [6.45, 7) is 9.30. The molecule has 0 fully saturated rings. The van der Waals surface area contributed by atoms with Crippen LogP contribution in [0.3, 0.4) is 0 Å². The predicted molar refractivity (Wildman–Crippen MR) is 91.3 cm³/mol. The number of hydrogen-bond donors (Lipinski definition) is 2. The Labute approximate surface area is 134 Å². The number of aryl methyl sites for hydroxylation is 1. The smallest absolute Gasteiger partial charge is 0.334 e. The summed E-state index contributed by atoms with van der Waals surface area (Å²) in [5.41, 5.74) is 2.81. The van der Waals surface area contributed by atoms with E-state index in [1.807, 2.05) is 32.0 Å². The SMILES string of the molecule is Cc1cccc(-n2c3c(c(=O)[nH]c2=O)CN(C(C)C)CN3)c1C. The number of hydrogen-bond acceptors (Lipinski definition) is 4. The van der Waals surface area contributed by atoms with Crippen LogP contribution in [0.25, 0.3) is 5.69 Å². The van der Waals surface area contributed by atoms with Crippen LogP contribution < -0.4 is 16.6 Å². The number of anilines is 1. The maximum atomic E-state index is 12.4. The maximum absolute atomic E-state index is 12.4. The molecule has 2 heterocycles. The third kappa shape index (κ3) is 2.59. The van der Waals surface area contributed by atoms with Crippen LogP contribution in [0.1, 0.15) is 30.5 Å². The van der Waals surface area contributed by atoms with Crippen molar-refractivity contribution >= 4 is 5.82 Å². The summed E-state index contributed by atoms with van der Waals surface area (Å²) in [6.07, 6.45) is 0. The number of aromatic nitrogens is 2. The van der Waals surface area contributed by atoms with Gasteiger partial charge in [0.1, 0.15) is 5.82 Å². The molecule has 6 heteroatoms. The first-order chi connectivity index (χ1) is 10.9. The van der Waals surface area contributed by atoms with Gasteiger partial charge < -0.3 is 5.32 Å². The number of benzene rings is 1. The van der Waals surface area contributed by atoms with Gasteiger partial charge in [0.25, 0.3) is 5.56 Å². The van der Waals surface area contributed by atoms with Crippen LogP contribution in [0.15, 0.2) is 27.8 Å². The summed E-state index contributed by atoms with van der Waals surface area (Å²) < 4.78 is 1.58. The van der Waals surface area contributed by atoms with E-state index in [9.17, 15) is 9.59 Å². The van der Waals surface area contributed by atoms with E-state index < -0.39 is 5.69 Å². The second-order valence-electron chi connectivity index (χ2n) is 6.32. The molecule has 0 unspecified atom stereocenters. The Morgan fingerprint density at radius 2 is 1.91 bits per heavy atom. The predicted octanol–water partition coefficient (Wildman–Crippen LogP) is 1.74. The molecule has 122 valence electrons. The molecule has 0 atom stereocenters. The Bertz CT molecular complexity index is 864. The van der Waals surface area contributed by atoms with E-state index in [1.54, 1.807) is 4.57 Å². The van der Waals surface area contributed by atoms with Gasteiger partial charge in [-0.25, -0.2) is 9.36 Å². The largest absolute Gasteiger partial charge is 0.358 e. The van der Waals surface area contributed by atoms with E-state index in [4.69, 9.17) is 0 Å². The minimum Gasteiger partial charge on any atom is -0.358 e. The molecule has 3 rings (SSSR count). The van der Waals surface area contributed by atoms with Gasteiger partial charge in [-0.1, -0.05) is 12.1 Å². The molecule has 1 aromatic heterocycles. The Morgan fingerprint density at radius 3 is 2.61 bits per heavy atom. The van der Waals surface area contributed by atoms with Crippen LogP contribution in [0.5, 0.6) is 0 Å². The number of rotatable bonds is 2. The molecular weight excluding hydrogens is 292 g/mol. The van der Waals surface area contributed by atoms with Gasteiger partial charge in [0.2, 0.25) is 0 Å². The molecule has 0 saturated heterocycles. The van der Waals surface area contributed by atoms with Crippen molar-refractivity contribution in [1.82, 2.24) is 14.5 Å². The summed E-state index contributed by atoms with van der Waals surface area (Å²) in [5.74, 6) is 0.601. The standard InChI is InChI=1S/C17H22N4O2/c1-10(2)20-8-13-15(18-9-20)21(17(23)19-16(13)22)14-7-5-6-11(3)12(14)4/h5-7,10,18H,8-9H2,1-4H3,(H,19,22,23). The number of H-pyrrole nitrogens is 1. The van der Waals surface area contributed by atoms with E-state index >= 15 is 0 Å². The van der Waals surface area contributed by atoms with Crippen molar-refractivity contribution in [3.05, 3.63) is 55.7 Å². The van der Waals surface area contributed by atoms with Gasteiger partial charge in [-0.2, -0.15) is 0 Å². The Balaban J connectivity index is 2.24. The van der Waals surface area contributed by atoms with Crippen molar-refractivity contribution in [2.24, 2.45) is 0 Å². The average Bonchev–Trinajstić information content (AvgIpc) is 2.51. The zero-order chi connectivity index (χ0) is 16.7. The lowest BCUT2D eigenvalue weighted by Crippen LogP contribution is -2.45. The first kappa shape index (κ1) is 15.6. The lowest BCUT2D eigenvalue weighted by atomic mass is 10.1. The summed E-state index contributed by atoms with van der Waals surface area (Å²) in [7, 11) is 0. The van der Waals surface area contributed by atoms with Gasteiger partial charge in [0, 0.05) is 12.6 Å². The molecule has 2 aromatic rings. The van der Waals surface area contributed by atoms with Crippen LogP contribution in [0, 0.1) is 13.8 Å². The van der Waals surface area contributed by atoms with E-state index in [2.05, 4.69) is 29.0 Å². The van der Waals surface area contributed by atoms with Gasteiger partial charge in [0.15, 0.2) is 0 Å². The Hall–Kier alpha value is -2.34. The minimum atomic E-state index is -0.409. The minimum absolute atomic E-state index is 0.315. The van der Waals surface area contributed by atoms with Gasteiger partial charge in [-0.05, 0) is 44.9 Å². The van der Waals surface area contributed by atoms with Gasteiger partial charge in [-0.3, -0.25) is 14.7 Å². The number of nitrogens with one attached hydrogen (secondary N) is 2. The highest BCUT2D eigenvalue weighted by molar-refractivity contribution is 5.55. The lowest BCUT2D eigenvalue weighted by Gasteiger charge is -2.33. The fourth-order valence-electron chi connectivity index (χ4n) is 2.91. The molecular formula is C17H22N4O2. The van der Waals surface area contributed by atoms with E-state index in [1.165, 1.54) is 0 Å².